The van der Waals surface area contributed by atoms with Gasteiger partial charge in [0.1, 0.15) is 6.04 Å². The Bertz CT molecular complexity index is 881. The number of aliphatic hydroxyl groups is 1. The molecule has 0 bridgehead atoms. The van der Waals surface area contributed by atoms with E-state index in [-0.39, 0.29) is 30.9 Å². The molecule has 1 N–H and O–H groups in total. The zero-order chi connectivity index (χ0) is 24.0. The second-order valence-corrected chi connectivity index (χ2v) is 12.5. The number of hydrogen-bond donors (Lipinski definition) is 1. The molecular weight excluding hydrogens is 440 g/mol. The van der Waals surface area contributed by atoms with Gasteiger partial charge in [-0.15, -0.1) is 11.8 Å². The standard InChI is InChI=1S/C25H36N2O5S/c1-23(2,3)27-14-9-12-25-17(20(29)26(13-10-15-28)19(25)21(27)30)18-22(31)32-16-8-6-5-7-11-24(18,4)33-25/h7,9,11-12,17-19,28H,5-6,8,10,13-16H2,1-4H3/b11-7-/t17-,18+,19?,24-,25-/m0/s1. The van der Waals surface area contributed by atoms with Crippen LogP contribution < -0.4 is 0 Å². The quantitative estimate of drug-likeness (QED) is 0.498. The smallest absolute Gasteiger partial charge is 0.311 e. The molecule has 4 aliphatic heterocycles. The van der Waals surface area contributed by atoms with Crippen molar-refractivity contribution >= 4 is 29.5 Å². The lowest BCUT2D eigenvalue weighted by molar-refractivity contribution is -0.154. The first-order chi connectivity index (χ1) is 15.6. The molecule has 2 amide bonds. The van der Waals surface area contributed by atoms with Gasteiger partial charge >= 0.3 is 5.97 Å². The van der Waals surface area contributed by atoms with Crippen LogP contribution in [0.1, 0.15) is 53.4 Å². The molecule has 5 atom stereocenters. The van der Waals surface area contributed by atoms with Crippen LogP contribution >= 0.6 is 11.8 Å². The van der Waals surface area contributed by atoms with Crippen LogP contribution in [0.3, 0.4) is 0 Å². The van der Waals surface area contributed by atoms with Gasteiger partial charge in [0.2, 0.25) is 11.8 Å². The highest BCUT2D eigenvalue weighted by atomic mass is 32.2. The van der Waals surface area contributed by atoms with E-state index in [1.165, 1.54) is 0 Å². The van der Waals surface area contributed by atoms with Crippen molar-refractivity contribution in [1.82, 2.24) is 9.80 Å². The number of likely N-dealkylation sites (tertiary alicyclic amines) is 1. The molecule has 1 spiro atoms. The number of carbonyl (C=O) groups excluding carboxylic acids is 3. The van der Waals surface area contributed by atoms with E-state index in [1.54, 1.807) is 16.7 Å². The number of fused-ring (bicyclic) bond motifs is 2. The van der Waals surface area contributed by atoms with Crippen molar-refractivity contribution in [2.45, 2.75) is 74.5 Å². The molecule has 4 aliphatic rings. The summed E-state index contributed by atoms with van der Waals surface area (Å²) in [7, 11) is 0. The molecule has 2 fully saturated rings. The van der Waals surface area contributed by atoms with E-state index in [9.17, 15) is 19.5 Å². The molecule has 182 valence electrons. The highest BCUT2D eigenvalue weighted by molar-refractivity contribution is 8.02. The molecule has 0 aromatic carbocycles. The van der Waals surface area contributed by atoms with Crippen LogP contribution in [-0.2, 0) is 19.1 Å². The van der Waals surface area contributed by atoms with Gasteiger partial charge in [-0.3, -0.25) is 14.4 Å². The number of cyclic esters (lactones) is 1. The number of ether oxygens (including phenoxy) is 1. The zero-order valence-electron chi connectivity index (χ0n) is 20.1. The van der Waals surface area contributed by atoms with Crippen molar-refractivity contribution in [1.29, 1.82) is 0 Å². The lowest BCUT2D eigenvalue weighted by Crippen LogP contribution is -2.57. The molecule has 0 saturated carbocycles. The zero-order valence-corrected chi connectivity index (χ0v) is 20.9. The summed E-state index contributed by atoms with van der Waals surface area (Å²) < 4.78 is 4.15. The number of esters is 1. The third-order valence-electron chi connectivity index (χ3n) is 7.37. The highest BCUT2D eigenvalue weighted by Gasteiger charge is 2.73. The minimum absolute atomic E-state index is 0.0692. The maximum absolute atomic E-state index is 14.0. The lowest BCUT2D eigenvalue weighted by Gasteiger charge is -2.41. The first-order valence-electron chi connectivity index (χ1n) is 12.0. The van der Waals surface area contributed by atoms with E-state index >= 15 is 0 Å². The van der Waals surface area contributed by atoms with Crippen LogP contribution in [0.4, 0.5) is 0 Å². The monoisotopic (exact) mass is 476 g/mol. The Balaban J connectivity index is 1.86. The van der Waals surface area contributed by atoms with E-state index in [0.717, 1.165) is 19.3 Å². The molecule has 0 aromatic heterocycles. The number of carbonyl (C=O) groups is 3. The molecule has 2 saturated heterocycles. The Morgan fingerprint density at radius 2 is 1.88 bits per heavy atom. The Kier molecular flexibility index (Phi) is 6.46. The van der Waals surface area contributed by atoms with E-state index < -0.39 is 32.9 Å². The first kappa shape index (κ1) is 24.3. The number of allylic oxidation sites excluding steroid dienone is 1. The van der Waals surface area contributed by atoms with Gasteiger partial charge in [0.05, 0.1) is 23.2 Å². The van der Waals surface area contributed by atoms with Crippen LogP contribution in [0.15, 0.2) is 24.3 Å². The van der Waals surface area contributed by atoms with Crippen molar-refractivity contribution in [3.05, 3.63) is 24.3 Å². The number of hydrogen-bond acceptors (Lipinski definition) is 6. The van der Waals surface area contributed by atoms with Gasteiger partial charge < -0.3 is 19.6 Å². The van der Waals surface area contributed by atoms with Crippen LogP contribution in [0, 0.1) is 11.8 Å². The predicted molar refractivity (Wildman–Crippen MR) is 127 cm³/mol. The maximum Gasteiger partial charge on any atom is 0.311 e. The Morgan fingerprint density at radius 3 is 2.58 bits per heavy atom. The van der Waals surface area contributed by atoms with Crippen molar-refractivity contribution in [2.24, 2.45) is 11.8 Å². The Hall–Kier alpha value is -1.80. The average molecular weight is 477 g/mol. The van der Waals surface area contributed by atoms with Crippen LogP contribution in [0.25, 0.3) is 0 Å². The molecule has 0 radical (unpaired) electrons. The molecule has 7 nitrogen and oxygen atoms in total. The molecular formula is C25H36N2O5S. The molecule has 33 heavy (non-hydrogen) atoms. The summed E-state index contributed by atoms with van der Waals surface area (Å²) >= 11 is 1.57. The number of thioether (sulfide) groups is 1. The van der Waals surface area contributed by atoms with Gasteiger partial charge in [0.25, 0.3) is 0 Å². The number of aliphatic hydroxyl groups excluding tert-OH is 1. The van der Waals surface area contributed by atoms with Crippen molar-refractivity contribution in [3.63, 3.8) is 0 Å². The van der Waals surface area contributed by atoms with Gasteiger partial charge in [0.15, 0.2) is 0 Å². The normalized spacial score (nSPS) is 37.8. The van der Waals surface area contributed by atoms with Gasteiger partial charge in [-0.25, -0.2) is 0 Å². The van der Waals surface area contributed by atoms with E-state index in [2.05, 4.69) is 12.2 Å². The van der Waals surface area contributed by atoms with Crippen molar-refractivity contribution < 1.29 is 24.2 Å². The number of amides is 2. The number of rotatable bonds is 3. The molecule has 0 aliphatic carbocycles. The molecule has 8 heteroatoms. The second-order valence-electron chi connectivity index (χ2n) is 10.7. The minimum atomic E-state index is -0.861. The number of nitrogens with zero attached hydrogens (tertiary/aromatic N) is 2. The third kappa shape index (κ3) is 3.93. The molecule has 4 heterocycles. The Morgan fingerprint density at radius 1 is 1.12 bits per heavy atom. The summed E-state index contributed by atoms with van der Waals surface area (Å²) in [5, 5.41) is 9.47. The summed E-state index contributed by atoms with van der Waals surface area (Å²) in [5.74, 6) is -2.01. The van der Waals surface area contributed by atoms with E-state index in [4.69, 9.17) is 4.74 Å². The topological polar surface area (TPSA) is 87.2 Å². The van der Waals surface area contributed by atoms with Gasteiger partial charge in [0, 0.05) is 30.0 Å². The summed E-state index contributed by atoms with van der Waals surface area (Å²) in [5.41, 5.74) is -0.416. The fourth-order valence-corrected chi connectivity index (χ4v) is 8.04. The SMILES string of the molecule is CC(C)(C)N1CC=C[C@]23S[C@@]4(C)/C=C\CCCCOC(=O)[C@H]4[C@H]2C(=O)N(CCCO)C3C1=O. The van der Waals surface area contributed by atoms with E-state index in [1.807, 2.05) is 44.7 Å². The minimum Gasteiger partial charge on any atom is -0.465 e. The van der Waals surface area contributed by atoms with Gasteiger partial charge in [-0.05, 0) is 53.4 Å². The predicted octanol–water partition coefficient (Wildman–Crippen LogP) is 2.54. The highest BCUT2D eigenvalue weighted by Crippen LogP contribution is 2.65. The fourth-order valence-electron chi connectivity index (χ4n) is 5.88. The fraction of sp³-hybridized carbons (Fsp3) is 0.720. The van der Waals surface area contributed by atoms with Gasteiger partial charge in [-0.2, -0.15) is 0 Å². The summed E-state index contributed by atoms with van der Waals surface area (Å²) in [6, 6.07) is -0.722. The van der Waals surface area contributed by atoms with Crippen LogP contribution in [-0.4, -0.2) is 80.1 Å². The third-order valence-corrected chi connectivity index (χ3v) is 9.16. The Labute approximate surface area is 200 Å². The van der Waals surface area contributed by atoms with Crippen molar-refractivity contribution in [2.75, 3.05) is 26.3 Å². The second kappa shape index (κ2) is 8.77. The summed E-state index contributed by atoms with van der Waals surface area (Å²) in [6.07, 6.45) is 11.2. The summed E-state index contributed by atoms with van der Waals surface area (Å²) in [4.78, 5) is 44.8. The van der Waals surface area contributed by atoms with Crippen LogP contribution in [0.5, 0.6) is 0 Å². The molecule has 0 aromatic rings. The average Bonchev–Trinajstić information content (AvgIpc) is 3.05. The van der Waals surface area contributed by atoms with Crippen molar-refractivity contribution in [3.8, 4) is 0 Å². The molecule has 4 rings (SSSR count). The van der Waals surface area contributed by atoms with Gasteiger partial charge in [-0.1, -0.05) is 24.3 Å². The largest absolute Gasteiger partial charge is 0.465 e. The first-order valence-corrected chi connectivity index (χ1v) is 12.8. The summed E-state index contributed by atoms with van der Waals surface area (Å²) in [6.45, 7) is 9.00. The maximum atomic E-state index is 14.0. The van der Waals surface area contributed by atoms with Crippen LogP contribution in [0.2, 0.25) is 0 Å². The lowest BCUT2D eigenvalue weighted by atomic mass is 9.74. The van der Waals surface area contributed by atoms with E-state index in [0.29, 0.717) is 19.6 Å². The molecule has 1 unspecified atom stereocenters.